The molecule has 0 atom stereocenters. The molecule has 0 radical (unpaired) electrons. The maximum Gasteiger partial charge on any atom is 0.270 e. The summed E-state index contributed by atoms with van der Waals surface area (Å²) in [6.07, 6.45) is 3.12. The van der Waals surface area contributed by atoms with Crippen LogP contribution in [0.25, 0.3) is 5.69 Å². The molecule has 7 nitrogen and oxygen atoms in total. The molecule has 36 heavy (non-hydrogen) atoms. The van der Waals surface area contributed by atoms with Gasteiger partial charge in [-0.3, -0.25) is 14.3 Å². The van der Waals surface area contributed by atoms with Crippen LogP contribution in [0.5, 0.6) is 0 Å². The zero-order valence-electron chi connectivity index (χ0n) is 19.4. The molecule has 0 saturated heterocycles. The van der Waals surface area contributed by atoms with Gasteiger partial charge in [0, 0.05) is 42.3 Å². The Hall–Kier alpha value is -3.82. The van der Waals surface area contributed by atoms with E-state index in [0.29, 0.717) is 30.8 Å². The number of carbonyl (C=O) groups excluding carboxylic acids is 1. The Bertz CT molecular complexity index is 1400. The molecule has 0 bridgehead atoms. The largest absolute Gasteiger partial charge is 0.350 e. The molecule has 5 rings (SSSR count). The number of pyridine rings is 1. The number of nitrogens with zero attached hydrogens (tertiary/aromatic N) is 5. The summed E-state index contributed by atoms with van der Waals surface area (Å²) in [6.45, 7) is 0.516. The molecule has 0 aliphatic rings. The highest BCUT2D eigenvalue weighted by Crippen LogP contribution is 2.27. The topological polar surface area (TPSA) is 85.6 Å². The second-order valence-electron chi connectivity index (χ2n) is 7.97. The molecule has 3 heterocycles. The van der Waals surface area contributed by atoms with Crippen LogP contribution in [0.4, 0.5) is 0 Å². The molecule has 0 aliphatic heterocycles. The van der Waals surface area contributed by atoms with Gasteiger partial charge in [0.1, 0.15) is 16.5 Å². The molecule has 180 valence electrons. The number of hydrogen-bond donors (Lipinski definition) is 1. The minimum atomic E-state index is -0.170. The van der Waals surface area contributed by atoms with Crippen molar-refractivity contribution in [2.45, 2.75) is 23.8 Å². The van der Waals surface area contributed by atoms with Crippen LogP contribution in [0.1, 0.15) is 32.6 Å². The summed E-state index contributed by atoms with van der Waals surface area (Å²) in [5, 5.41) is 15.4. The van der Waals surface area contributed by atoms with Crippen LogP contribution in [0.15, 0.2) is 95.6 Å². The summed E-state index contributed by atoms with van der Waals surface area (Å²) < 4.78 is 2.09. The Morgan fingerprint density at radius 2 is 1.72 bits per heavy atom. The number of rotatable bonds is 10. The van der Waals surface area contributed by atoms with Crippen molar-refractivity contribution in [1.82, 2.24) is 30.0 Å². The lowest BCUT2D eigenvalue weighted by Gasteiger charge is -2.10. The first kappa shape index (κ1) is 23.9. The van der Waals surface area contributed by atoms with Crippen molar-refractivity contribution in [2.24, 2.45) is 0 Å². The average Bonchev–Trinajstić information content (AvgIpc) is 3.56. The third-order valence-corrected chi connectivity index (χ3v) is 7.39. The molecule has 3 aromatic heterocycles. The van der Waals surface area contributed by atoms with E-state index in [1.807, 2.05) is 54.6 Å². The monoisotopic (exact) mass is 512 g/mol. The van der Waals surface area contributed by atoms with Crippen molar-refractivity contribution < 1.29 is 4.79 Å². The van der Waals surface area contributed by atoms with Crippen molar-refractivity contribution in [2.75, 3.05) is 6.54 Å². The highest BCUT2D eigenvalue weighted by Gasteiger charge is 2.17. The zero-order valence-corrected chi connectivity index (χ0v) is 21.1. The lowest BCUT2D eigenvalue weighted by Crippen LogP contribution is -2.26. The van der Waals surface area contributed by atoms with Gasteiger partial charge in [-0.1, -0.05) is 66.4 Å². The number of aromatic nitrogens is 5. The van der Waals surface area contributed by atoms with E-state index in [1.165, 1.54) is 16.9 Å². The van der Waals surface area contributed by atoms with Crippen molar-refractivity contribution in [3.8, 4) is 5.69 Å². The van der Waals surface area contributed by atoms with Gasteiger partial charge >= 0.3 is 0 Å². The summed E-state index contributed by atoms with van der Waals surface area (Å²) in [7, 11) is 0. The van der Waals surface area contributed by atoms with Gasteiger partial charge in [-0.05, 0) is 29.8 Å². The van der Waals surface area contributed by atoms with E-state index < -0.39 is 0 Å². The van der Waals surface area contributed by atoms with E-state index in [9.17, 15) is 4.79 Å². The zero-order chi connectivity index (χ0) is 24.6. The number of nitrogens with one attached hydrogen (secondary N) is 1. The Balaban J connectivity index is 1.24. The van der Waals surface area contributed by atoms with Gasteiger partial charge in [0.05, 0.1) is 5.75 Å². The smallest absolute Gasteiger partial charge is 0.270 e. The molecule has 0 fully saturated rings. The summed E-state index contributed by atoms with van der Waals surface area (Å²) in [5.74, 6) is 1.31. The van der Waals surface area contributed by atoms with Crippen molar-refractivity contribution >= 4 is 29.0 Å². The molecule has 0 saturated carbocycles. The van der Waals surface area contributed by atoms with Crippen LogP contribution in [0.3, 0.4) is 0 Å². The van der Waals surface area contributed by atoms with Crippen LogP contribution in [-0.4, -0.2) is 37.2 Å². The maximum absolute atomic E-state index is 12.5. The predicted octanol–water partition coefficient (Wildman–Crippen LogP) is 4.97. The van der Waals surface area contributed by atoms with Gasteiger partial charge < -0.3 is 5.32 Å². The Kier molecular flexibility index (Phi) is 7.80. The first-order valence-corrected chi connectivity index (χ1v) is 13.4. The number of carbonyl (C=O) groups is 1. The molecule has 1 amide bonds. The van der Waals surface area contributed by atoms with E-state index >= 15 is 0 Å². The Morgan fingerprint density at radius 3 is 2.50 bits per heavy atom. The fourth-order valence-corrected chi connectivity index (χ4v) is 5.43. The average molecular weight is 513 g/mol. The molecular formula is C27H24N6OS2. The molecule has 1 N–H and O–H groups in total. The highest BCUT2D eigenvalue weighted by molar-refractivity contribution is 7.98. The van der Waals surface area contributed by atoms with E-state index in [0.717, 1.165) is 27.4 Å². The van der Waals surface area contributed by atoms with Gasteiger partial charge in [0.2, 0.25) is 0 Å². The van der Waals surface area contributed by atoms with Gasteiger partial charge in [-0.2, -0.15) is 0 Å². The normalized spacial score (nSPS) is 10.9. The molecule has 0 aliphatic carbocycles. The summed E-state index contributed by atoms with van der Waals surface area (Å²) in [4.78, 5) is 21.3. The number of thiazole rings is 1. The van der Waals surface area contributed by atoms with Crippen LogP contribution in [0.2, 0.25) is 0 Å². The van der Waals surface area contributed by atoms with E-state index in [2.05, 4.69) is 54.3 Å². The highest BCUT2D eigenvalue weighted by atomic mass is 32.2. The van der Waals surface area contributed by atoms with Crippen molar-refractivity contribution in [3.63, 3.8) is 0 Å². The Labute approximate surface area is 217 Å². The molecule has 0 unspecified atom stereocenters. The molecule has 5 aromatic rings. The third kappa shape index (κ3) is 6.05. The van der Waals surface area contributed by atoms with Crippen LogP contribution in [-0.2, 0) is 18.6 Å². The van der Waals surface area contributed by atoms with Gasteiger partial charge in [0.25, 0.3) is 5.91 Å². The van der Waals surface area contributed by atoms with E-state index in [1.54, 1.807) is 23.3 Å². The lowest BCUT2D eigenvalue weighted by atomic mass is 10.1. The van der Waals surface area contributed by atoms with Crippen molar-refractivity contribution in [3.05, 3.63) is 118 Å². The second-order valence-corrected chi connectivity index (χ2v) is 9.86. The summed E-state index contributed by atoms with van der Waals surface area (Å²) in [6, 6.07) is 26.1. The van der Waals surface area contributed by atoms with Crippen LogP contribution < -0.4 is 5.32 Å². The van der Waals surface area contributed by atoms with E-state index in [-0.39, 0.29) is 5.91 Å². The maximum atomic E-state index is 12.5. The van der Waals surface area contributed by atoms with Gasteiger partial charge in [-0.15, -0.1) is 21.5 Å². The van der Waals surface area contributed by atoms with Crippen molar-refractivity contribution in [1.29, 1.82) is 0 Å². The van der Waals surface area contributed by atoms with Gasteiger partial charge in [0.15, 0.2) is 5.16 Å². The molecular weight excluding hydrogens is 488 g/mol. The molecule has 0 spiro atoms. The van der Waals surface area contributed by atoms with Crippen LogP contribution >= 0.6 is 23.1 Å². The standard InChI is InChI=1S/C27H24N6OS2/c34-26(29-16-14-21-11-7-8-15-28-21)23-18-35-25(30-23)19-36-27-32-31-24(17-20-9-3-1-4-10-20)33(27)22-12-5-2-6-13-22/h1-13,15,18H,14,16-17,19H2,(H,29,34). The fourth-order valence-electron chi connectivity index (χ4n) is 3.67. The Morgan fingerprint density at radius 1 is 0.944 bits per heavy atom. The van der Waals surface area contributed by atoms with Crippen LogP contribution in [0, 0.1) is 0 Å². The SMILES string of the molecule is O=C(NCCc1ccccn1)c1csc(CSc2nnc(Cc3ccccc3)n2-c2ccccc2)n1. The molecule has 2 aromatic carbocycles. The summed E-state index contributed by atoms with van der Waals surface area (Å²) >= 11 is 3.04. The fraction of sp³-hybridized carbons (Fsp3) is 0.148. The number of benzene rings is 2. The number of thioether (sulfide) groups is 1. The summed E-state index contributed by atoms with van der Waals surface area (Å²) in [5.41, 5.74) is 3.58. The second kappa shape index (κ2) is 11.7. The van der Waals surface area contributed by atoms with Gasteiger partial charge in [-0.25, -0.2) is 4.98 Å². The lowest BCUT2D eigenvalue weighted by molar-refractivity contribution is 0.0949. The minimum Gasteiger partial charge on any atom is -0.350 e. The van der Waals surface area contributed by atoms with E-state index in [4.69, 9.17) is 0 Å². The number of amides is 1. The predicted molar refractivity (Wildman–Crippen MR) is 143 cm³/mol. The first-order valence-electron chi connectivity index (χ1n) is 11.6. The number of para-hydroxylation sites is 1. The third-order valence-electron chi connectivity index (χ3n) is 5.42. The first-order chi connectivity index (χ1) is 17.8. The quantitative estimate of drug-likeness (QED) is 0.266. The molecule has 9 heteroatoms. The number of hydrogen-bond acceptors (Lipinski definition) is 7. The minimum absolute atomic E-state index is 0.170.